The molecule has 0 atom stereocenters. The van der Waals surface area contributed by atoms with Gasteiger partial charge in [-0.25, -0.2) is 0 Å². The standard InChI is InChI=1S/C12H15ClN2O/c13-11-3-1-10(2-4-11)9-12(14)15-5-7-16-8-6-15/h1-4,14H,5-9H2. The molecule has 0 aliphatic carbocycles. The summed E-state index contributed by atoms with van der Waals surface area (Å²) >= 11 is 5.82. The molecule has 1 aromatic carbocycles. The van der Waals surface area contributed by atoms with Crippen molar-refractivity contribution in [2.24, 2.45) is 0 Å². The van der Waals surface area contributed by atoms with Crippen molar-refractivity contribution in [2.75, 3.05) is 26.3 Å². The van der Waals surface area contributed by atoms with Gasteiger partial charge in [-0.15, -0.1) is 0 Å². The van der Waals surface area contributed by atoms with E-state index in [9.17, 15) is 0 Å². The Bertz CT molecular complexity index is 358. The molecule has 0 bridgehead atoms. The third kappa shape index (κ3) is 2.97. The molecule has 0 amide bonds. The molecule has 1 aliphatic rings. The molecule has 1 heterocycles. The molecule has 0 unspecified atom stereocenters. The number of hydrogen-bond donors (Lipinski definition) is 1. The summed E-state index contributed by atoms with van der Waals surface area (Å²) in [6.07, 6.45) is 0.664. The fraction of sp³-hybridized carbons (Fsp3) is 0.417. The van der Waals surface area contributed by atoms with E-state index in [0.717, 1.165) is 36.9 Å². The average Bonchev–Trinajstić information content (AvgIpc) is 2.33. The normalized spacial score (nSPS) is 16.2. The molecule has 1 saturated heterocycles. The van der Waals surface area contributed by atoms with E-state index < -0.39 is 0 Å². The number of nitrogens with one attached hydrogen (secondary N) is 1. The lowest BCUT2D eigenvalue weighted by Gasteiger charge is -2.29. The second-order valence-corrected chi connectivity index (χ2v) is 4.29. The SMILES string of the molecule is N=C(Cc1ccc(Cl)cc1)N1CCOCC1. The van der Waals surface area contributed by atoms with Gasteiger partial charge in [0, 0.05) is 24.5 Å². The van der Waals surface area contributed by atoms with Gasteiger partial charge in [-0.1, -0.05) is 23.7 Å². The highest BCUT2D eigenvalue weighted by molar-refractivity contribution is 6.30. The first-order valence-corrected chi connectivity index (χ1v) is 5.78. The van der Waals surface area contributed by atoms with E-state index in [-0.39, 0.29) is 0 Å². The summed E-state index contributed by atoms with van der Waals surface area (Å²) in [6.45, 7) is 3.10. The van der Waals surface area contributed by atoms with Gasteiger partial charge in [-0.3, -0.25) is 5.41 Å². The summed E-state index contributed by atoms with van der Waals surface area (Å²) in [4.78, 5) is 2.07. The summed E-state index contributed by atoms with van der Waals surface area (Å²) < 4.78 is 5.26. The number of ether oxygens (including phenoxy) is 1. The van der Waals surface area contributed by atoms with E-state index in [1.165, 1.54) is 0 Å². The van der Waals surface area contributed by atoms with Crippen molar-refractivity contribution in [3.8, 4) is 0 Å². The van der Waals surface area contributed by atoms with Crippen LogP contribution in [0.1, 0.15) is 5.56 Å². The highest BCUT2D eigenvalue weighted by Crippen LogP contribution is 2.11. The number of nitrogens with zero attached hydrogens (tertiary/aromatic N) is 1. The zero-order valence-corrected chi connectivity index (χ0v) is 9.83. The van der Waals surface area contributed by atoms with Crippen LogP contribution in [0.3, 0.4) is 0 Å². The average molecular weight is 239 g/mol. The van der Waals surface area contributed by atoms with Gasteiger partial charge in [0.1, 0.15) is 5.84 Å². The summed E-state index contributed by atoms with van der Waals surface area (Å²) in [5, 5.41) is 8.75. The van der Waals surface area contributed by atoms with Crippen molar-refractivity contribution < 1.29 is 4.74 Å². The van der Waals surface area contributed by atoms with Crippen LogP contribution in [0.2, 0.25) is 5.02 Å². The Labute approximate surface area is 100 Å². The molecule has 4 heteroatoms. The number of morpholine rings is 1. The smallest absolute Gasteiger partial charge is 0.100 e. The van der Waals surface area contributed by atoms with Crippen LogP contribution in [0.25, 0.3) is 0 Å². The lowest BCUT2D eigenvalue weighted by atomic mass is 10.1. The van der Waals surface area contributed by atoms with E-state index in [0.29, 0.717) is 12.3 Å². The van der Waals surface area contributed by atoms with Crippen molar-refractivity contribution in [3.05, 3.63) is 34.9 Å². The molecule has 2 rings (SSSR count). The maximum Gasteiger partial charge on any atom is 0.100 e. The number of rotatable bonds is 2. The molecule has 86 valence electrons. The van der Waals surface area contributed by atoms with Crippen molar-refractivity contribution in [1.82, 2.24) is 4.90 Å². The van der Waals surface area contributed by atoms with Gasteiger partial charge in [-0.2, -0.15) is 0 Å². The molecule has 1 aliphatic heterocycles. The lowest BCUT2D eigenvalue weighted by molar-refractivity contribution is 0.0670. The van der Waals surface area contributed by atoms with E-state index >= 15 is 0 Å². The van der Waals surface area contributed by atoms with E-state index in [4.69, 9.17) is 21.7 Å². The van der Waals surface area contributed by atoms with Crippen LogP contribution < -0.4 is 0 Å². The number of amidine groups is 1. The minimum Gasteiger partial charge on any atom is -0.378 e. The molecular weight excluding hydrogens is 224 g/mol. The quantitative estimate of drug-likeness (QED) is 0.634. The maximum absolute atomic E-state index is 8.01. The molecule has 1 fully saturated rings. The van der Waals surface area contributed by atoms with Crippen molar-refractivity contribution in [2.45, 2.75) is 6.42 Å². The number of benzene rings is 1. The predicted molar refractivity (Wildman–Crippen MR) is 65.3 cm³/mol. The van der Waals surface area contributed by atoms with E-state index in [2.05, 4.69) is 4.90 Å². The van der Waals surface area contributed by atoms with E-state index in [1.54, 1.807) is 0 Å². The van der Waals surface area contributed by atoms with Crippen molar-refractivity contribution in [1.29, 1.82) is 5.41 Å². The van der Waals surface area contributed by atoms with Crippen LogP contribution in [-0.4, -0.2) is 37.0 Å². The second-order valence-electron chi connectivity index (χ2n) is 3.85. The third-order valence-corrected chi connectivity index (χ3v) is 2.93. The fourth-order valence-corrected chi connectivity index (χ4v) is 1.87. The first kappa shape index (κ1) is 11.4. The first-order chi connectivity index (χ1) is 7.75. The summed E-state index contributed by atoms with van der Waals surface area (Å²) in [7, 11) is 0. The van der Waals surface area contributed by atoms with Gasteiger partial charge in [0.2, 0.25) is 0 Å². The second kappa shape index (κ2) is 5.32. The molecule has 1 N–H and O–H groups in total. The van der Waals surface area contributed by atoms with E-state index in [1.807, 2.05) is 24.3 Å². The minimum atomic E-state index is 0.658. The van der Waals surface area contributed by atoms with Crippen molar-refractivity contribution >= 4 is 17.4 Å². The van der Waals surface area contributed by atoms with Gasteiger partial charge in [0.15, 0.2) is 0 Å². The Balaban J connectivity index is 1.93. The highest BCUT2D eigenvalue weighted by atomic mass is 35.5. The van der Waals surface area contributed by atoms with Crippen LogP contribution in [0.4, 0.5) is 0 Å². The predicted octanol–water partition coefficient (Wildman–Crippen LogP) is 2.19. The minimum absolute atomic E-state index is 0.658. The summed E-state index contributed by atoms with van der Waals surface area (Å²) in [6, 6.07) is 7.67. The third-order valence-electron chi connectivity index (χ3n) is 2.68. The number of halogens is 1. The van der Waals surface area contributed by atoms with Crippen LogP contribution in [-0.2, 0) is 11.2 Å². The van der Waals surface area contributed by atoms with Gasteiger partial charge in [0.05, 0.1) is 13.2 Å². The Kier molecular flexibility index (Phi) is 3.80. The molecule has 0 spiro atoms. The molecule has 16 heavy (non-hydrogen) atoms. The molecule has 0 aromatic heterocycles. The topological polar surface area (TPSA) is 36.3 Å². The largest absolute Gasteiger partial charge is 0.378 e. The summed E-state index contributed by atoms with van der Waals surface area (Å²) in [5.74, 6) is 0.658. The van der Waals surface area contributed by atoms with Crippen LogP contribution in [0, 0.1) is 5.41 Å². The Hall–Kier alpha value is -1.06. The van der Waals surface area contributed by atoms with Crippen LogP contribution in [0.15, 0.2) is 24.3 Å². The molecule has 1 aromatic rings. The Morgan fingerprint density at radius 2 is 1.88 bits per heavy atom. The first-order valence-electron chi connectivity index (χ1n) is 5.40. The number of hydrogen-bond acceptors (Lipinski definition) is 2. The lowest BCUT2D eigenvalue weighted by Crippen LogP contribution is -2.41. The fourth-order valence-electron chi connectivity index (χ4n) is 1.74. The summed E-state index contributed by atoms with van der Waals surface area (Å²) in [5.41, 5.74) is 1.13. The Morgan fingerprint density at radius 1 is 1.25 bits per heavy atom. The van der Waals surface area contributed by atoms with Gasteiger partial charge in [0.25, 0.3) is 0 Å². The van der Waals surface area contributed by atoms with Crippen molar-refractivity contribution in [3.63, 3.8) is 0 Å². The molecule has 0 saturated carbocycles. The van der Waals surface area contributed by atoms with Gasteiger partial charge in [-0.05, 0) is 17.7 Å². The molecule has 0 radical (unpaired) electrons. The van der Waals surface area contributed by atoms with Gasteiger partial charge < -0.3 is 9.64 Å². The highest BCUT2D eigenvalue weighted by Gasteiger charge is 2.13. The zero-order valence-electron chi connectivity index (χ0n) is 9.08. The van der Waals surface area contributed by atoms with Crippen LogP contribution in [0.5, 0.6) is 0 Å². The molecular formula is C12H15ClN2O. The monoisotopic (exact) mass is 238 g/mol. The van der Waals surface area contributed by atoms with Crippen LogP contribution >= 0.6 is 11.6 Å². The maximum atomic E-state index is 8.01. The zero-order chi connectivity index (χ0) is 11.4. The Morgan fingerprint density at radius 3 is 2.50 bits per heavy atom. The van der Waals surface area contributed by atoms with Gasteiger partial charge >= 0.3 is 0 Å². The molecule has 3 nitrogen and oxygen atoms in total.